The van der Waals surface area contributed by atoms with Gasteiger partial charge in [-0.3, -0.25) is 0 Å². The second-order valence-corrected chi connectivity index (χ2v) is 15.2. The first-order valence-corrected chi connectivity index (χ1v) is 19.5. The van der Waals surface area contributed by atoms with Crippen LogP contribution in [0.5, 0.6) is 0 Å². The zero-order valence-electron chi connectivity index (χ0n) is 29.8. The number of rotatable bonds is 6. The SMILES string of the molecule is c1ccc(-c2ccc(N(c3ccc(-c4ccc5cc6c(cc5c4)oc4ccccc46)cc3)c3ccc(-c4cccc5sc6ccccc6c45)cc3)cc2)cc1. The van der Waals surface area contributed by atoms with E-state index in [2.05, 4.69) is 193 Å². The highest BCUT2D eigenvalue weighted by molar-refractivity contribution is 7.25. The molecular weight excluding hydrogens is 687 g/mol. The largest absolute Gasteiger partial charge is 0.456 e. The van der Waals surface area contributed by atoms with Gasteiger partial charge in [-0.2, -0.15) is 0 Å². The summed E-state index contributed by atoms with van der Waals surface area (Å²) in [5.41, 5.74) is 12.4. The zero-order valence-corrected chi connectivity index (χ0v) is 30.6. The van der Waals surface area contributed by atoms with Crippen molar-refractivity contribution in [3.63, 3.8) is 0 Å². The van der Waals surface area contributed by atoms with Crippen molar-refractivity contribution in [1.29, 1.82) is 0 Å². The molecule has 0 aliphatic rings. The number of thiophene rings is 1. The van der Waals surface area contributed by atoms with Gasteiger partial charge in [0.25, 0.3) is 0 Å². The molecule has 2 heterocycles. The van der Waals surface area contributed by atoms with Crippen molar-refractivity contribution in [1.82, 2.24) is 0 Å². The van der Waals surface area contributed by atoms with Gasteiger partial charge in [-0.05, 0) is 117 Å². The normalized spacial score (nSPS) is 11.6. The molecule has 0 saturated carbocycles. The lowest BCUT2D eigenvalue weighted by Gasteiger charge is -2.26. The van der Waals surface area contributed by atoms with Gasteiger partial charge in [0, 0.05) is 48.0 Å². The first-order chi connectivity index (χ1) is 27.2. The Kier molecular flexibility index (Phi) is 7.39. The number of fused-ring (bicyclic) bond motifs is 7. The van der Waals surface area contributed by atoms with Crippen LogP contribution in [0, 0.1) is 0 Å². The van der Waals surface area contributed by atoms with E-state index in [1.165, 1.54) is 64.3 Å². The summed E-state index contributed by atoms with van der Waals surface area (Å²) in [6.07, 6.45) is 0. The van der Waals surface area contributed by atoms with Crippen LogP contribution in [0.1, 0.15) is 0 Å². The van der Waals surface area contributed by atoms with Gasteiger partial charge in [0.2, 0.25) is 0 Å². The fourth-order valence-electron chi connectivity index (χ4n) is 8.14. The van der Waals surface area contributed by atoms with E-state index in [1.54, 1.807) is 0 Å². The van der Waals surface area contributed by atoms with Gasteiger partial charge in [0.05, 0.1) is 0 Å². The van der Waals surface area contributed by atoms with Crippen LogP contribution in [0.2, 0.25) is 0 Å². The van der Waals surface area contributed by atoms with Gasteiger partial charge in [-0.15, -0.1) is 11.3 Å². The highest BCUT2D eigenvalue weighted by atomic mass is 32.1. The van der Waals surface area contributed by atoms with Crippen LogP contribution < -0.4 is 4.90 Å². The van der Waals surface area contributed by atoms with Gasteiger partial charge >= 0.3 is 0 Å². The third-order valence-electron chi connectivity index (χ3n) is 10.9. The Bertz CT molecular complexity index is 3170. The van der Waals surface area contributed by atoms with Gasteiger partial charge in [0.15, 0.2) is 0 Å². The van der Waals surface area contributed by atoms with Crippen molar-refractivity contribution < 1.29 is 4.42 Å². The molecule has 0 radical (unpaired) electrons. The lowest BCUT2D eigenvalue weighted by Crippen LogP contribution is -2.09. The molecule has 0 saturated heterocycles. The third kappa shape index (κ3) is 5.48. The number of hydrogen-bond acceptors (Lipinski definition) is 3. The van der Waals surface area contributed by atoms with Gasteiger partial charge in [-0.25, -0.2) is 0 Å². The van der Waals surface area contributed by atoms with Gasteiger partial charge in [-0.1, -0.05) is 127 Å². The van der Waals surface area contributed by atoms with Crippen molar-refractivity contribution in [2.24, 2.45) is 0 Å². The summed E-state index contributed by atoms with van der Waals surface area (Å²) < 4.78 is 8.86. The van der Waals surface area contributed by atoms with Crippen LogP contribution in [0.15, 0.2) is 205 Å². The third-order valence-corrected chi connectivity index (χ3v) is 12.0. The molecule has 0 amide bonds. The van der Waals surface area contributed by atoms with E-state index in [0.29, 0.717) is 0 Å². The number of anilines is 3. The molecule has 11 aromatic rings. The highest BCUT2D eigenvalue weighted by Gasteiger charge is 2.16. The molecule has 0 unspecified atom stereocenters. The molecular formula is C52H33NOS. The monoisotopic (exact) mass is 719 g/mol. The van der Waals surface area contributed by atoms with Crippen LogP contribution in [0.25, 0.3) is 86.3 Å². The second kappa shape index (κ2) is 12.9. The Balaban J connectivity index is 0.973. The van der Waals surface area contributed by atoms with Gasteiger partial charge in [0.1, 0.15) is 11.2 Å². The van der Waals surface area contributed by atoms with E-state index < -0.39 is 0 Å². The summed E-state index contributed by atoms with van der Waals surface area (Å²) in [6.45, 7) is 0. The molecule has 2 aromatic heterocycles. The van der Waals surface area contributed by atoms with Crippen LogP contribution in [-0.2, 0) is 0 Å². The minimum atomic E-state index is 0.918. The molecule has 0 aliphatic heterocycles. The molecule has 258 valence electrons. The first-order valence-electron chi connectivity index (χ1n) is 18.7. The number of benzene rings is 9. The maximum Gasteiger partial charge on any atom is 0.136 e. The Morgan fingerprint density at radius 2 is 0.927 bits per heavy atom. The van der Waals surface area contributed by atoms with Crippen molar-refractivity contribution in [3.8, 4) is 33.4 Å². The fourth-order valence-corrected chi connectivity index (χ4v) is 9.27. The maximum atomic E-state index is 6.22. The number of para-hydroxylation sites is 1. The van der Waals surface area contributed by atoms with Gasteiger partial charge < -0.3 is 9.32 Å². The number of nitrogens with zero attached hydrogens (tertiary/aromatic N) is 1. The second-order valence-electron chi connectivity index (χ2n) is 14.1. The Morgan fingerprint density at radius 3 is 1.67 bits per heavy atom. The molecule has 0 spiro atoms. The molecule has 0 fully saturated rings. The average molecular weight is 720 g/mol. The number of furan rings is 1. The average Bonchev–Trinajstić information content (AvgIpc) is 3.82. The molecule has 0 atom stereocenters. The predicted octanol–water partition coefficient (Wildman–Crippen LogP) is 15.6. The Morgan fingerprint density at radius 1 is 0.345 bits per heavy atom. The van der Waals surface area contributed by atoms with E-state index in [4.69, 9.17) is 4.42 Å². The Hall–Kier alpha value is -6.94. The molecule has 0 bridgehead atoms. The zero-order chi connectivity index (χ0) is 36.3. The van der Waals surface area contributed by atoms with E-state index in [9.17, 15) is 0 Å². The minimum Gasteiger partial charge on any atom is -0.456 e. The predicted molar refractivity (Wildman–Crippen MR) is 235 cm³/mol. The topological polar surface area (TPSA) is 16.4 Å². The van der Waals surface area contributed by atoms with E-state index >= 15 is 0 Å². The molecule has 2 nitrogen and oxygen atoms in total. The van der Waals surface area contributed by atoms with E-state index in [1.807, 2.05) is 23.5 Å². The molecule has 11 rings (SSSR count). The summed E-state index contributed by atoms with van der Waals surface area (Å²) in [7, 11) is 0. The van der Waals surface area contributed by atoms with Crippen LogP contribution in [-0.4, -0.2) is 0 Å². The maximum absolute atomic E-state index is 6.22. The quantitative estimate of drug-likeness (QED) is 0.170. The lowest BCUT2D eigenvalue weighted by atomic mass is 9.98. The van der Waals surface area contributed by atoms with Crippen LogP contribution in [0.3, 0.4) is 0 Å². The smallest absolute Gasteiger partial charge is 0.136 e. The van der Waals surface area contributed by atoms with Crippen LogP contribution >= 0.6 is 11.3 Å². The van der Waals surface area contributed by atoms with E-state index in [-0.39, 0.29) is 0 Å². The van der Waals surface area contributed by atoms with Crippen molar-refractivity contribution in [3.05, 3.63) is 200 Å². The molecule has 0 N–H and O–H groups in total. The van der Waals surface area contributed by atoms with Crippen molar-refractivity contribution in [2.75, 3.05) is 4.90 Å². The summed E-state index contributed by atoms with van der Waals surface area (Å²) in [5.74, 6) is 0. The molecule has 55 heavy (non-hydrogen) atoms. The summed E-state index contributed by atoms with van der Waals surface area (Å²) in [4.78, 5) is 2.35. The fraction of sp³-hybridized carbons (Fsp3) is 0. The van der Waals surface area contributed by atoms with Crippen LogP contribution in [0.4, 0.5) is 17.1 Å². The lowest BCUT2D eigenvalue weighted by molar-refractivity contribution is 0.669. The van der Waals surface area contributed by atoms with Crippen molar-refractivity contribution >= 4 is 81.3 Å². The number of hydrogen-bond donors (Lipinski definition) is 0. The molecule has 9 aromatic carbocycles. The summed E-state index contributed by atoms with van der Waals surface area (Å²) in [5, 5.41) is 7.33. The standard InChI is InChI=1S/C52H33NOS/c1-2-9-34(10-3-1)35-19-25-41(26-20-35)53(43-29-23-37(24-30-43)44-13-8-16-51-52(44)46-12-5-7-15-50(46)55-51)42-27-21-36(22-28-42)38-17-18-39-32-47-45-11-4-6-14-48(45)54-49(47)33-40(39)31-38/h1-33H. The summed E-state index contributed by atoms with van der Waals surface area (Å²) >= 11 is 1.86. The molecule has 3 heteroatoms. The minimum absolute atomic E-state index is 0.918. The molecule has 0 aliphatic carbocycles. The van der Waals surface area contributed by atoms with Crippen molar-refractivity contribution in [2.45, 2.75) is 0 Å². The van der Waals surface area contributed by atoms with E-state index in [0.717, 1.165) is 39.0 Å². The summed E-state index contributed by atoms with van der Waals surface area (Å²) in [6, 6.07) is 72.2. The Labute approximate surface area is 322 Å². The highest BCUT2D eigenvalue weighted by Crippen LogP contribution is 2.42. The first kappa shape index (κ1) is 31.6.